The summed E-state index contributed by atoms with van der Waals surface area (Å²) in [5, 5.41) is 8.88. The van der Waals surface area contributed by atoms with Crippen molar-refractivity contribution in [3.05, 3.63) is 110 Å². The molecule has 1 N–H and O–H groups in total. The molecule has 3 aromatic carbocycles. The molecule has 0 unspecified atom stereocenters. The van der Waals surface area contributed by atoms with E-state index in [2.05, 4.69) is 10.4 Å². The molecule has 1 amide bonds. The zero-order chi connectivity index (χ0) is 23.4. The highest BCUT2D eigenvalue weighted by molar-refractivity contribution is 6.36. The van der Waals surface area contributed by atoms with Gasteiger partial charge in [-0.2, -0.15) is 5.10 Å². The summed E-state index contributed by atoms with van der Waals surface area (Å²) >= 11 is 18.7. The second-order valence-corrected chi connectivity index (χ2v) is 8.70. The molecule has 0 saturated heterocycles. The molecule has 0 aliphatic carbocycles. The third-order valence-corrected chi connectivity index (χ3v) is 5.95. The largest absolute Gasteiger partial charge is 0.487 e. The van der Waals surface area contributed by atoms with Crippen molar-refractivity contribution in [3.63, 3.8) is 0 Å². The number of rotatable bonds is 7. The van der Waals surface area contributed by atoms with Gasteiger partial charge in [0.1, 0.15) is 12.4 Å². The van der Waals surface area contributed by atoms with Crippen LogP contribution in [0.3, 0.4) is 0 Å². The van der Waals surface area contributed by atoms with Gasteiger partial charge in [0.05, 0.1) is 11.6 Å². The fraction of sp³-hybridized carbons (Fsp3) is 0.120. The molecule has 0 saturated carbocycles. The van der Waals surface area contributed by atoms with Gasteiger partial charge >= 0.3 is 0 Å². The summed E-state index contributed by atoms with van der Waals surface area (Å²) in [7, 11) is 0. The Balaban J connectivity index is 1.40. The molecule has 0 fully saturated rings. The Hall–Kier alpha value is -2.99. The van der Waals surface area contributed by atoms with Gasteiger partial charge in [-0.1, -0.05) is 59.1 Å². The molecule has 1 aromatic heterocycles. The zero-order valence-corrected chi connectivity index (χ0v) is 20.0. The standard InChI is InChI=1S/C25H20Cl3N3O2/c1-16-8-9-22(28)23(12-16)33-15-17-4-2-5-18(13-17)25(32)29-24-10-11-31(30-24)14-19-20(26)6-3-7-21(19)27/h2-13H,14-15H2,1H3,(H,29,30,32). The van der Waals surface area contributed by atoms with Crippen LogP contribution in [-0.4, -0.2) is 15.7 Å². The summed E-state index contributed by atoms with van der Waals surface area (Å²) in [6.45, 7) is 2.65. The number of carbonyl (C=O) groups excluding carboxylic acids is 1. The van der Waals surface area contributed by atoms with Gasteiger partial charge in [0.15, 0.2) is 5.82 Å². The second kappa shape index (κ2) is 10.3. The molecule has 4 rings (SSSR count). The summed E-state index contributed by atoms with van der Waals surface area (Å²) in [6.07, 6.45) is 1.76. The highest BCUT2D eigenvalue weighted by Crippen LogP contribution is 2.27. The first kappa shape index (κ1) is 23.2. The molecule has 0 spiro atoms. The summed E-state index contributed by atoms with van der Waals surface area (Å²) < 4.78 is 7.50. The van der Waals surface area contributed by atoms with Crippen LogP contribution in [0.25, 0.3) is 0 Å². The highest BCUT2D eigenvalue weighted by Gasteiger charge is 2.11. The number of aryl methyl sites for hydroxylation is 1. The molecule has 5 nitrogen and oxygen atoms in total. The van der Waals surface area contributed by atoms with E-state index in [1.54, 1.807) is 53.3 Å². The van der Waals surface area contributed by atoms with Crippen molar-refractivity contribution in [1.29, 1.82) is 0 Å². The minimum Gasteiger partial charge on any atom is -0.487 e. The Morgan fingerprint density at radius 2 is 1.73 bits per heavy atom. The van der Waals surface area contributed by atoms with Gasteiger partial charge < -0.3 is 10.1 Å². The SMILES string of the molecule is Cc1ccc(Cl)c(OCc2cccc(C(=O)Nc3ccn(Cc4c(Cl)cccc4Cl)n3)c2)c1. The lowest BCUT2D eigenvalue weighted by atomic mass is 10.1. The molecular weight excluding hydrogens is 481 g/mol. The van der Waals surface area contributed by atoms with Crippen molar-refractivity contribution < 1.29 is 9.53 Å². The zero-order valence-electron chi connectivity index (χ0n) is 17.7. The molecule has 1 heterocycles. The quantitative estimate of drug-likeness (QED) is 0.296. The van der Waals surface area contributed by atoms with Crippen LogP contribution in [-0.2, 0) is 13.2 Å². The molecule has 4 aromatic rings. The third kappa shape index (κ3) is 5.88. The van der Waals surface area contributed by atoms with Crippen molar-refractivity contribution in [3.8, 4) is 5.75 Å². The van der Waals surface area contributed by atoms with Crippen LogP contribution in [0.2, 0.25) is 15.1 Å². The lowest BCUT2D eigenvalue weighted by Crippen LogP contribution is -2.13. The van der Waals surface area contributed by atoms with Gasteiger partial charge in [0.2, 0.25) is 0 Å². The predicted molar refractivity (Wildman–Crippen MR) is 133 cm³/mol. The number of benzene rings is 3. The van der Waals surface area contributed by atoms with Crippen LogP contribution in [0.15, 0.2) is 72.9 Å². The van der Waals surface area contributed by atoms with E-state index in [9.17, 15) is 4.79 Å². The molecule has 33 heavy (non-hydrogen) atoms. The number of nitrogens with zero attached hydrogens (tertiary/aromatic N) is 2. The van der Waals surface area contributed by atoms with E-state index in [0.29, 0.717) is 38.7 Å². The number of ether oxygens (including phenoxy) is 1. The van der Waals surface area contributed by atoms with E-state index in [1.165, 1.54) is 0 Å². The first-order valence-electron chi connectivity index (χ1n) is 10.1. The Morgan fingerprint density at radius 3 is 2.52 bits per heavy atom. The second-order valence-electron chi connectivity index (χ2n) is 7.48. The summed E-state index contributed by atoms with van der Waals surface area (Å²) in [6, 6.07) is 19.9. The maximum Gasteiger partial charge on any atom is 0.256 e. The van der Waals surface area contributed by atoms with Crippen LogP contribution in [0.5, 0.6) is 5.75 Å². The van der Waals surface area contributed by atoms with E-state index in [-0.39, 0.29) is 12.5 Å². The number of nitrogens with one attached hydrogen (secondary N) is 1. The summed E-state index contributed by atoms with van der Waals surface area (Å²) in [4.78, 5) is 12.8. The summed E-state index contributed by atoms with van der Waals surface area (Å²) in [5.74, 6) is 0.763. The van der Waals surface area contributed by atoms with Crippen LogP contribution < -0.4 is 10.1 Å². The lowest BCUT2D eigenvalue weighted by Gasteiger charge is -2.10. The Morgan fingerprint density at radius 1 is 0.970 bits per heavy atom. The van der Waals surface area contributed by atoms with Crippen LogP contribution >= 0.6 is 34.8 Å². The predicted octanol–water partition coefficient (Wildman–Crippen LogP) is 7.03. The van der Waals surface area contributed by atoms with Crippen molar-refractivity contribution in [2.24, 2.45) is 0 Å². The van der Waals surface area contributed by atoms with Gasteiger partial charge in [-0.05, 0) is 54.4 Å². The number of hydrogen-bond acceptors (Lipinski definition) is 3. The lowest BCUT2D eigenvalue weighted by molar-refractivity contribution is 0.102. The smallest absolute Gasteiger partial charge is 0.256 e. The molecule has 168 valence electrons. The van der Waals surface area contributed by atoms with E-state index >= 15 is 0 Å². The Bertz CT molecular complexity index is 1280. The van der Waals surface area contributed by atoms with E-state index < -0.39 is 0 Å². The van der Waals surface area contributed by atoms with Crippen molar-refractivity contribution in [2.45, 2.75) is 20.1 Å². The number of anilines is 1. The van der Waals surface area contributed by atoms with Crippen molar-refractivity contribution >= 4 is 46.5 Å². The van der Waals surface area contributed by atoms with Gasteiger partial charge in [0, 0.05) is 33.4 Å². The molecule has 0 bridgehead atoms. The number of halogens is 3. The third-order valence-electron chi connectivity index (χ3n) is 4.93. The minimum atomic E-state index is -0.272. The van der Waals surface area contributed by atoms with Gasteiger partial charge in [-0.15, -0.1) is 0 Å². The molecule has 0 aliphatic rings. The topological polar surface area (TPSA) is 56.1 Å². The molecule has 0 radical (unpaired) electrons. The van der Waals surface area contributed by atoms with Crippen LogP contribution in [0.4, 0.5) is 5.82 Å². The van der Waals surface area contributed by atoms with E-state index in [1.807, 2.05) is 31.2 Å². The van der Waals surface area contributed by atoms with Crippen molar-refractivity contribution in [1.82, 2.24) is 9.78 Å². The van der Waals surface area contributed by atoms with Crippen LogP contribution in [0, 0.1) is 6.92 Å². The fourth-order valence-corrected chi connectivity index (χ4v) is 3.92. The number of amides is 1. The molecule has 8 heteroatoms. The van der Waals surface area contributed by atoms with Gasteiger partial charge in [0.25, 0.3) is 5.91 Å². The molecule has 0 aliphatic heterocycles. The number of carbonyl (C=O) groups is 1. The molecular formula is C25H20Cl3N3O2. The highest BCUT2D eigenvalue weighted by atomic mass is 35.5. The van der Waals surface area contributed by atoms with Gasteiger partial charge in [-0.3, -0.25) is 9.48 Å². The van der Waals surface area contributed by atoms with Crippen LogP contribution in [0.1, 0.15) is 27.0 Å². The average Bonchev–Trinajstić information content (AvgIpc) is 3.24. The molecule has 0 atom stereocenters. The first-order chi connectivity index (χ1) is 15.9. The average molecular weight is 501 g/mol. The van der Waals surface area contributed by atoms with Gasteiger partial charge in [-0.25, -0.2) is 0 Å². The Kier molecular flexibility index (Phi) is 7.23. The number of aromatic nitrogens is 2. The Labute approximate surface area is 206 Å². The van der Waals surface area contributed by atoms with E-state index in [0.717, 1.165) is 16.7 Å². The first-order valence-corrected chi connectivity index (χ1v) is 11.3. The number of hydrogen-bond donors (Lipinski definition) is 1. The summed E-state index contributed by atoms with van der Waals surface area (Å²) in [5.41, 5.74) is 3.16. The minimum absolute atomic E-state index is 0.272. The maximum absolute atomic E-state index is 12.8. The van der Waals surface area contributed by atoms with Crippen molar-refractivity contribution in [2.75, 3.05) is 5.32 Å². The fourth-order valence-electron chi connectivity index (χ4n) is 3.23. The monoisotopic (exact) mass is 499 g/mol. The normalized spacial score (nSPS) is 10.8. The van der Waals surface area contributed by atoms with E-state index in [4.69, 9.17) is 39.5 Å². The maximum atomic E-state index is 12.8.